The van der Waals surface area contributed by atoms with E-state index < -0.39 is 0 Å². The van der Waals surface area contributed by atoms with E-state index in [4.69, 9.17) is 9.47 Å². The topological polar surface area (TPSA) is 30.5 Å². The maximum Gasteiger partial charge on any atom is 0.123 e. The maximum atomic E-state index is 5.84. The zero-order valence-electron chi connectivity index (χ0n) is 13.3. The molecule has 0 bridgehead atoms. The molecule has 1 atom stereocenters. The molecule has 0 heterocycles. The molecule has 0 aliphatic rings. The lowest BCUT2D eigenvalue weighted by atomic mass is 10.1. The van der Waals surface area contributed by atoms with E-state index in [9.17, 15) is 0 Å². The van der Waals surface area contributed by atoms with Gasteiger partial charge < -0.3 is 14.8 Å². The third-order valence-electron chi connectivity index (χ3n) is 3.28. The van der Waals surface area contributed by atoms with E-state index in [1.54, 1.807) is 7.11 Å². The van der Waals surface area contributed by atoms with Crippen molar-refractivity contribution in [3.63, 3.8) is 0 Å². The number of hydrogen-bond donors (Lipinski definition) is 1. The van der Waals surface area contributed by atoms with Gasteiger partial charge in [0.25, 0.3) is 0 Å². The van der Waals surface area contributed by atoms with E-state index in [2.05, 4.69) is 32.2 Å². The molecular formula is C17H29NO2. The van der Waals surface area contributed by atoms with Crippen molar-refractivity contribution in [1.82, 2.24) is 5.32 Å². The number of rotatable bonds is 10. The van der Waals surface area contributed by atoms with Crippen LogP contribution in [0.1, 0.15) is 45.2 Å². The second-order valence-electron chi connectivity index (χ2n) is 5.51. The summed E-state index contributed by atoms with van der Waals surface area (Å²) in [4.78, 5) is 0. The fraction of sp³-hybridized carbons (Fsp3) is 0.647. The first-order valence-corrected chi connectivity index (χ1v) is 7.63. The quantitative estimate of drug-likeness (QED) is 0.661. The standard InChI is InChI=1S/C17H29NO2/c1-5-11-18-16(13-20-12-10-14(2)3)15-8-6-7-9-17(15)19-4/h6-9,14,16,18H,5,10-13H2,1-4H3. The van der Waals surface area contributed by atoms with Crippen LogP contribution in [0.3, 0.4) is 0 Å². The number of ether oxygens (including phenoxy) is 2. The molecule has 3 nitrogen and oxygen atoms in total. The fourth-order valence-corrected chi connectivity index (χ4v) is 2.05. The minimum Gasteiger partial charge on any atom is -0.496 e. The van der Waals surface area contributed by atoms with Gasteiger partial charge in [0.2, 0.25) is 0 Å². The summed E-state index contributed by atoms with van der Waals surface area (Å²) in [6, 6.07) is 8.35. The fourth-order valence-electron chi connectivity index (χ4n) is 2.05. The Kier molecular flexibility index (Phi) is 8.31. The van der Waals surface area contributed by atoms with Crippen molar-refractivity contribution in [2.24, 2.45) is 5.92 Å². The summed E-state index contributed by atoms with van der Waals surface area (Å²) >= 11 is 0. The number of nitrogens with one attached hydrogen (secondary N) is 1. The minimum absolute atomic E-state index is 0.193. The van der Waals surface area contributed by atoms with Crippen molar-refractivity contribution < 1.29 is 9.47 Å². The van der Waals surface area contributed by atoms with Crippen LogP contribution < -0.4 is 10.1 Å². The molecule has 1 aromatic rings. The van der Waals surface area contributed by atoms with Crippen LogP contribution >= 0.6 is 0 Å². The molecule has 20 heavy (non-hydrogen) atoms. The lowest BCUT2D eigenvalue weighted by Gasteiger charge is -2.21. The van der Waals surface area contributed by atoms with Crippen LogP contribution in [0.25, 0.3) is 0 Å². The molecule has 0 radical (unpaired) electrons. The van der Waals surface area contributed by atoms with Crippen molar-refractivity contribution in [2.45, 2.75) is 39.7 Å². The Labute approximate surface area is 123 Å². The van der Waals surface area contributed by atoms with Gasteiger partial charge in [-0.05, 0) is 31.4 Å². The monoisotopic (exact) mass is 279 g/mol. The molecule has 0 aliphatic heterocycles. The van der Waals surface area contributed by atoms with Gasteiger partial charge in [0, 0.05) is 12.2 Å². The summed E-state index contributed by atoms with van der Waals surface area (Å²) in [5, 5.41) is 3.54. The highest BCUT2D eigenvalue weighted by molar-refractivity contribution is 5.35. The van der Waals surface area contributed by atoms with Gasteiger partial charge in [-0.1, -0.05) is 39.0 Å². The molecule has 0 aliphatic carbocycles. The predicted molar refractivity (Wildman–Crippen MR) is 84.3 cm³/mol. The van der Waals surface area contributed by atoms with Gasteiger partial charge in [-0.15, -0.1) is 0 Å². The van der Waals surface area contributed by atoms with Crippen LogP contribution in [0, 0.1) is 5.92 Å². The smallest absolute Gasteiger partial charge is 0.123 e. The SMILES string of the molecule is CCCNC(COCCC(C)C)c1ccccc1OC. The number of para-hydroxylation sites is 1. The largest absolute Gasteiger partial charge is 0.496 e. The average molecular weight is 279 g/mol. The van der Waals surface area contributed by atoms with Crippen LogP contribution in [0.2, 0.25) is 0 Å². The van der Waals surface area contributed by atoms with Crippen molar-refractivity contribution in [2.75, 3.05) is 26.9 Å². The normalized spacial score (nSPS) is 12.7. The van der Waals surface area contributed by atoms with E-state index in [1.807, 2.05) is 18.2 Å². The number of benzene rings is 1. The number of methoxy groups -OCH3 is 1. The predicted octanol–water partition coefficient (Wildman–Crippen LogP) is 3.80. The molecule has 0 spiro atoms. The molecule has 0 aromatic heterocycles. The Morgan fingerprint density at radius 2 is 1.95 bits per heavy atom. The van der Waals surface area contributed by atoms with Gasteiger partial charge in [0.05, 0.1) is 19.8 Å². The molecule has 3 heteroatoms. The summed E-state index contributed by atoms with van der Waals surface area (Å²) in [7, 11) is 1.72. The third-order valence-corrected chi connectivity index (χ3v) is 3.28. The molecule has 1 aromatic carbocycles. The maximum absolute atomic E-state index is 5.84. The summed E-state index contributed by atoms with van der Waals surface area (Å²) < 4.78 is 11.3. The molecule has 0 fully saturated rings. The van der Waals surface area contributed by atoms with Gasteiger partial charge >= 0.3 is 0 Å². The molecule has 114 valence electrons. The van der Waals surface area contributed by atoms with Crippen LogP contribution in [-0.4, -0.2) is 26.9 Å². The Bertz CT molecular complexity index is 366. The van der Waals surface area contributed by atoms with E-state index in [0.717, 1.165) is 31.7 Å². The number of hydrogen-bond acceptors (Lipinski definition) is 3. The molecule has 0 saturated carbocycles. The zero-order valence-corrected chi connectivity index (χ0v) is 13.3. The van der Waals surface area contributed by atoms with E-state index in [-0.39, 0.29) is 6.04 Å². The highest BCUT2D eigenvalue weighted by atomic mass is 16.5. The van der Waals surface area contributed by atoms with Crippen LogP contribution in [0.4, 0.5) is 0 Å². The van der Waals surface area contributed by atoms with Crippen molar-refractivity contribution in [3.8, 4) is 5.75 Å². The molecule has 0 saturated heterocycles. The van der Waals surface area contributed by atoms with E-state index in [1.165, 1.54) is 5.56 Å². The first kappa shape index (κ1) is 17.0. The molecule has 0 amide bonds. The van der Waals surface area contributed by atoms with Crippen molar-refractivity contribution >= 4 is 0 Å². The lowest BCUT2D eigenvalue weighted by molar-refractivity contribution is 0.102. The molecular weight excluding hydrogens is 250 g/mol. The first-order valence-electron chi connectivity index (χ1n) is 7.63. The highest BCUT2D eigenvalue weighted by Crippen LogP contribution is 2.25. The van der Waals surface area contributed by atoms with E-state index in [0.29, 0.717) is 12.5 Å². The van der Waals surface area contributed by atoms with Crippen LogP contribution in [-0.2, 0) is 4.74 Å². The van der Waals surface area contributed by atoms with Crippen LogP contribution in [0.15, 0.2) is 24.3 Å². The summed E-state index contributed by atoms with van der Waals surface area (Å²) in [6.07, 6.45) is 2.21. The Balaban J connectivity index is 2.62. The van der Waals surface area contributed by atoms with Gasteiger partial charge in [-0.2, -0.15) is 0 Å². The third kappa shape index (κ3) is 5.93. The summed E-state index contributed by atoms with van der Waals surface area (Å²) in [5.74, 6) is 1.61. The Morgan fingerprint density at radius 3 is 2.60 bits per heavy atom. The highest BCUT2D eigenvalue weighted by Gasteiger charge is 2.15. The second-order valence-corrected chi connectivity index (χ2v) is 5.51. The molecule has 1 rings (SSSR count). The van der Waals surface area contributed by atoms with Crippen molar-refractivity contribution in [3.05, 3.63) is 29.8 Å². The minimum atomic E-state index is 0.193. The second kappa shape index (κ2) is 9.78. The van der Waals surface area contributed by atoms with Crippen molar-refractivity contribution in [1.29, 1.82) is 0 Å². The van der Waals surface area contributed by atoms with Gasteiger partial charge in [0.15, 0.2) is 0 Å². The first-order chi connectivity index (χ1) is 9.69. The lowest BCUT2D eigenvalue weighted by Crippen LogP contribution is -2.27. The zero-order chi connectivity index (χ0) is 14.8. The summed E-state index contributed by atoms with van der Waals surface area (Å²) in [5.41, 5.74) is 1.17. The average Bonchev–Trinajstić information content (AvgIpc) is 2.46. The van der Waals surface area contributed by atoms with Crippen LogP contribution in [0.5, 0.6) is 5.75 Å². The van der Waals surface area contributed by atoms with Gasteiger partial charge in [0.1, 0.15) is 5.75 Å². The van der Waals surface area contributed by atoms with Gasteiger partial charge in [-0.25, -0.2) is 0 Å². The Hall–Kier alpha value is -1.06. The summed E-state index contributed by atoms with van der Waals surface area (Å²) in [6.45, 7) is 9.10. The van der Waals surface area contributed by atoms with E-state index >= 15 is 0 Å². The van der Waals surface area contributed by atoms with Gasteiger partial charge in [-0.3, -0.25) is 0 Å². The molecule has 1 unspecified atom stereocenters. The molecule has 1 N–H and O–H groups in total. The Morgan fingerprint density at radius 1 is 1.20 bits per heavy atom.